The van der Waals surface area contributed by atoms with E-state index in [0.717, 1.165) is 25.9 Å². The van der Waals surface area contributed by atoms with Gasteiger partial charge in [0.25, 0.3) is 11.6 Å². The average Bonchev–Trinajstić information content (AvgIpc) is 2.54. The molecule has 0 atom stereocenters. The fourth-order valence-electron chi connectivity index (χ4n) is 2.37. The second kappa shape index (κ2) is 7.40. The van der Waals surface area contributed by atoms with Crippen LogP contribution in [0.2, 0.25) is 0 Å². The van der Waals surface area contributed by atoms with Crippen molar-refractivity contribution in [3.05, 3.63) is 46.2 Å². The van der Waals surface area contributed by atoms with E-state index >= 15 is 0 Å². The summed E-state index contributed by atoms with van der Waals surface area (Å²) in [5, 5.41) is 22.5. The fraction of sp³-hybridized carbons (Fsp3) is 0.375. The highest BCUT2D eigenvalue weighted by atomic mass is 16.6. The van der Waals surface area contributed by atoms with E-state index in [2.05, 4.69) is 12.2 Å². The van der Waals surface area contributed by atoms with Gasteiger partial charge >= 0.3 is 0 Å². The second-order valence-electron chi connectivity index (χ2n) is 5.63. The van der Waals surface area contributed by atoms with Gasteiger partial charge in [0.15, 0.2) is 0 Å². The van der Waals surface area contributed by atoms with Crippen molar-refractivity contribution in [2.45, 2.75) is 19.8 Å². The number of hydrogen-bond donors (Lipinski definition) is 1. The van der Waals surface area contributed by atoms with E-state index in [0.29, 0.717) is 5.92 Å². The third-order valence-electron chi connectivity index (χ3n) is 3.81. The van der Waals surface area contributed by atoms with Crippen molar-refractivity contribution in [3.8, 4) is 6.07 Å². The molecule has 1 aliphatic rings. The maximum Gasteiger partial charge on any atom is 0.271 e. The number of likely N-dealkylation sites (tertiary alicyclic amines) is 1. The standard InChI is InChI=1S/C16H18N4O3/c1-12-5-7-19(8-6-12)11-13(10-17)16(21)18-14-3-2-4-15(9-14)20(22)23/h2-4,9,11-12H,5-8H2,1H3,(H,18,21)/b13-11-. The van der Waals surface area contributed by atoms with Crippen molar-refractivity contribution in [2.75, 3.05) is 18.4 Å². The number of piperidine rings is 1. The molecule has 1 fully saturated rings. The molecule has 1 aromatic carbocycles. The van der Waals surface area contributed by atoms with E-state index in [4.69, 9.17) is 0 Å². The Labute approximate surface area is 134 Å². The van der Waals surface area contributed by atoms with Gasteiger partial charge in [-0.15, -0.1) is 0 Å². The van der Waals surface area contributed by atoms with Gasteiger partial charge in [0.1, 0.15) is 11.6 Å². The summed E-state index contributed by atoms with van der Waals surface area (Å²) in [6, 6.07) is 7.52. The SMILES string of the molecule is CC1CCN(/C=C(/C#N)C(=O)Nc2cccc([N+](=O)[O-])c2)CC1. The van der Waals surface area contributed by atoms with Gasteiger partial charge in [-0.05, 0) is 24.8 Å². The fourth-order valence-corrected chi connectivity index (χ4v) is 2.37. The van der Waals surface area contributed by atoms with Crippen LogP contribution in [0, 0.1) is 27.4 Å². The van der Waals surface area contributed by atoms with Crippen LogP contribution in [0.15, 0.2) is 36.0 Å². The molecule has 0 aromatic heterocycles. The number of nitro benzene ring substituents is 1. The summed E-state index contributed by atoms with van der Waals surface area (Å²) in [5.74, 6) is 0.0931. The molecule has 0 aliphatic carbocycles. The van der Waals surface area contributed by atoms with Crippen LogP contribution >= 0.6 is 0 Å². The van der Waals surface area contributed by atoms with Crippen LogP contribution in [-0.4, -0.2) is 28.8 Å². The Balaban J connectivity index is 2.07. The Hall–Kier alpha value is -2.88. The molecule has 120 valence electrons. The third-order valence-corrected chi connectivity index (χ3v) is 3.81. The summed E-state index contributed by atoms with van der Waals surface area (Å²) in [7, 11) is 0. The second-order valence-corrected chi connectivity index (χ2v) is 5.63. The number of nitro groups is 1. The van der Waals surface area contributed by atoms with Crippen LogP contribution in [0.1, 0.15) is 19.8 Å². The lowest BCUT2D eigenvalue weighted by Crippen LogP contribution is -2.29. The van der Waals surface area contributed by atoms with Crippen molar-refractivity contribution in [2.24, 2.45) is 5.92 Å². The highest BCUT2D eigenvalue weighted by Gasteiger charge is 2.17. The van der Waals surface area contributed by atoms with E-state index in [1.54, 1.807) is 12.3 Å². The number of anilines is 1. The number of non-ortho nitro benzene ring substituents is 1. The number of carbonyl (C=O) groups excluding carboxylic acids is 1. The summed E-state index contributed by atoms with van der Waals surface area (Å²) < 4.78 is 0. The molecular formula is C16H18N4O3. The Bertz CT molecular complexity index is 670. The lowest BCUT2D eigenvalue weighted by atomic mass is 9.99. The molecule has 0 saturated carbocycles. The molecule has 0 spiro atoms. The van der Waals surface area contributed by atoms with Gasteiger partial charge < -0.3 is 10.2 Å². The first-order valence-electron chi connectivity index (χ1n) is 7.41. The lowest BCUT2D eigenvalue weighted by Gasteiger charge is -2.29. The molecule has 1 heterocycles. The minimum Gasteiger partial charge on any atom is -0.376 e. The van der Waals surface area contributed by atoms with Gasteiger partial charge in [-0.2, -0.15) is 5.26 Å². The van der Waals surface area contributed by atoms with Gasteiger partial charge in [-0.25, -0.2) is 0 Å². The quantitative estimate of drug-likeness (QED) is 0.398. The van der Waals surface area contributed by atoms with Gasteiger partial charge in [0.2, 0.25) is 0 Å². The van der Waals surface area contributed by atoms with E-state index < -0.39 is 10.8 Å². The molecule has 2 rings (SSSR count). The first-order chi connectivity index (χ1) is 11.0. The molecule has 0 radical (unpaired) electrons. The molecule has 1 aliphatic heterocycles. The van der Waals surface area contributed by atoms with Crippen LogP contribution < -0.4 is 5.32 Å². The number of hydrogen-bond acceptors (Lipinski definition) is 5. The third kappa shape index (κ3) is 4.54. The molecule has 1 N–H and O–H groups in total. The first kappa shape index (κ1) is 16.5. The van der Waals surface area contributed by atoms with Crippen LogP contribution in [-0.2, 0) is 4.79 Å². The van der Waals surface area contributed by atoms with Crippen molar-refractivity contribution in [3.63, 3.8) is 0 Å². The molecule has 0 bridgehead atoms. The predicted octanol–water partition coefficient (Wildman–Crippen LogP) is 2.67. The Morgan fingerprint density at radius 1 is 1.48 bits per heavy atom. The number of benzene rings is 1. The van der Waals surface area contributed by atoms with Crippen molar-refractivity contribution >= 4 is 17.3 Å². The van der Waals surface area contributed by atoms with Crippen LogP contribution in [0.5, 0.6) is 0 Å². The van der Waals surface area contributed by atoms with Gasteiger partial charge in [-0.3, -0.25) is 14.9 Å². The number of nitriles is 1. The zero-order valence-corrected chi connectivity index (χ0v) is 12.9. The van der Waals surface area contributed by atoms with Crippen molar-refractivity contribution < 1.29 is 9.72 Å². The smallest absolute Gasteiger partial charge is 0.271 e. The zero-order chi connectivity index (χ0) is 16.8. The van der Waals surface area contributed by atoms with Gasteiger partial charge in [-0.1, -0.05) is 13.0 Å². The molecule has 1 aromatic rings. The molecule has 7 heteroatoms. The van der Waals surface area contributed by atoms with Gasteiger partial charge in [0.05, 0.1) is 4.92 Å². The van der Waals surface area contributed by atoms with Crippen LogP contribution in [0.3, 0.4) is 0 Å². The van der Waals surface area contributed by atoms with Crippen molar-refractivity contribution in [1.82, 2.24) is 4.90 Å². The molecule has 23 heavy (non-hydrogen) atoms. The Morgan fingerprint density at radius 2 is 2.17 bits per heavy atom. The molecule has 1 saturated heterocycles. The Morgan fingerprint density at radius 3 is 2.78 bits per heavy atom. The molecular weight excluding hydrogens is 296 g/mol. The number of amides is 1. The summed E-state index contributed by atoms with van der Waals surface area (Å²) in [6.07, 6.45) is 3.63. The minimum atomic E-state index is -0.563. The van der Waals surface area contributed by atoms with Gasteiger partial charge in [0, 0.05) is 37.1 Å². The Kier molecular flexibility index (Phi) is 5.31. The van der Waals surface area contributed by atoms with Crippen LogP contribution in [0.4, 0.5) is 11.4 Å². The highest BCUT2D eigenvalue weighted by molar-refractivity contribution is 6.06. The number of nitrogens with zero attached hydrogens (tertiary/aromatic N) is 3. The minimum absolute atomic E-state index is 0.00828. The van der Waals surface area contributed by atoms with Crippen LogP contribution in [0.25, 0.3) is 0 Å². The summed E-state index contributed by atoms with van der Waals surface area (Å²) in [5.41, 5.74) is 0.166. The molecule has 7 nitrogen and oxygen atoms in total. The molecule has 1 amide bonds. The van der Waals surface area contributed by atoms with E-state index in [9.17, 15) is 20.2 Å². The van der Waals surface area contributed by atoms with E-state index in [1.807, 2.05) is 11.0 Å². The largest absolute Gasteiger partial charge is 0.376 e. The lowest BCUT2D eigenvalue weighted by molar-refractivity contribution is -0.384. The monoisotopic (exact) mass is 314 g/mol. The number of rotatable bonds is 4. The summed E-state index contributed by atoms with van der Waals surface area (Å²) >= 11 is 0. The highest BCUT2D eigenvalue weighted by Crippen LogP contribution is 2.19. The van der Waals surface area contributed by atoms with E-state index in [1.165, 1.54) is 18.2 Å². The maximum absolute atomic E-state index is 12.2. The number of nitrogens with one attached hydrogen (secondary N) is 1. The predicted molar refractivity (Wildman–Crippen MR) is 85.4 cm³/mol. The normalized spacial score (nSPS) is 15.8. The number of carbonyl (C=O) groups is 1. The summed E-state index contributed by atoms with van der Waals surface area (Å²) in [4.78, 5) is 24.3. The average molecular weight is 314 g/mol. The first-order valence-corrected chi connectivity index (χ1v) is 7.41. The maximum atomic E-state index is 12.2. The summed E-state index contributed by atoms with van der Waals surface area (Å²) in [6.45, 7) is 3.81. The topological polar surface area (TPSA) is 99.3 Å². The molecule has 0 unspecified atom stereocenters. The van der Waals surface area contributed by atoms with E-state index in [-0.39, 0.29) is 16.9 Å². The van der Waals surface area contributed by atoms with Crippen molar-refractivity contribution in [1.29, 1.82) is 5.26 Å². The zero-order valence-electron chi connectivity index (χ0n) is 12.9.